The molecule has 102 valence electrons. The number of hydrogen-bond donors (Lipinski definition) is 0. The van der Waals surface area contributed by atoms with Crippen molar-refractivity contribution < 1.29 is 0 Å². The molecular weight excluding hydrogens is 264 g/mol. The summed E-state index contributed by atoms with van der Waals surface area (Å²) < 4.78 is 2.26. The summed E-state index contributed by atoms with van der Waals surface area (Å²) >= 11 is 1.75. The molecule has 0 amide bonds. The van der Waals surface area contributed by atoms with Crippen LogP contribution < -0.4 is 5.43 Å². The minimum absolute atomic E-state index is 0.192. The van der Waals surface area contributed by atoms with Crippen LogP contribution in [0.5, 0.6) is 0 Å². The number of hydrogen-bond acceptors (Lipinski definition) is 2. The summed E-state index contributed by atoms with van der Waals surface area (Å²) in [6.07, 6.45) is 1.95. The monoisotopic (exact) mass is 282 g/mol. The van der Waals surface area contributed by atoms with Gasteiger partial charge in [-0.2, -0.15) is 0 Å². The summed E-state index contributed by atoms with van der Waals surface area (Å²) in [5, 5.41) is 1.79. The van der Waals surface area contributed by atoms with E-state index in [9.17, 15) is 4.79 Å². The molecule has 0 radical (unpaired) electrons. The lowest BCUT2D eigenvalue weighted by atomic mass is 9.97. The van der Waals surface area contributed by atoms with E-state index in [1.807, 2.05) is 24.3 Å². The molecular formula is C18H18OS. The topological polar surface area (TPSA) is 17.1 Å². The number of fused-ring (bicyclic) bond motifs is 2. The van der Waals surface area contributed by atoms with E-state index in [1.54, 1.807) is 11.3 Å². The molecule has 1 heterocycles. The van der Waals surface area contributed by atoms with Crippen LogP contribution >= 0.6 is 11.3 Å². The average molecular weight is 282 g/mol. The predicted octanol–water partition coefficient (Wildman–Crippen LogP) is 4.85. The van der Waals surface area contributed by atoms with Crippen molar-refractivity contribution in [3.63, 3.8) is 0 Å². The van der Waals surface area contributed by atoms with Gasteiger partial charge in [-0.3, -0.25) is 4.79 Å². The van der Waals surface area contributed by atoms with Gasteiger partial charge >= 0.3 is 0 Å². The molecule has 1 aromatic heterocycles. The van der Waals surface area contributed by atoms with Crippen LogP contribution in [0.2, 0.25) is 0 Å². The van der Waals surface area contributed by atoms with E-state index in [-0.39, 0.29) is 5.43 Å². The third-order valence-corrected chi connectivity index (χ3v) is 5.30. The van der Waals surface area contributed by atoms with Crippen LogP contribution in [-0.4, -0.2) is 0 Å². The molecule has 0 N–H and O–H groups in total. The smallest absolute Gasteiger partial charge is 0.196 e. The van der Waals surface area contributed by atoms with Gasteiger partial charge in [-0.25, -0.2) is 0 Å². The van der Waals surface area contributed by atoms with Crippen molar-refractivity contribution in [2.45, 2.75) is 33.6 Å². The third-order valence-electron chi connectivity index (χ3n) is 4.06. The van der Waals surface area contributed by atoms with Crippen molar-refractivity contribution in [3.05, 3.63) is 57.2 Å². The Kier molecular flexibility index (Phi) is 3.35. The Morgan fingerprint density at radius 1 is 1.05 bits per heavy atom. The molecule has 3 aromatic rings. The van der Waals surface area contributed by atoms with Crippen molar-refractivity contribution in [2.75, 3.05) is 0 Å². The van der Waals surface area contributed by atoms with Crippen molar-refractivity contribution >= 4 is 31.5 Å². The van der Waals surface area contributed by atoms with Crippen LogP contribution in [0.25, 0.3) is 20.2 Å². The number of benzene rings is 2. The van der Waals surface area contributed by atoms with Gasteiger partial charge in [0.25, 0.3) is 0 Å². The number of rotatable bonds is 2. The van der Waals surface area contributed by atoms with Crippen molar-refractivity contribution in [1.29, 1.82) is 0 Å². The molecule has 0 unspecified atom stereocenters. The summed E-state index contributed by atoms with van der Waals surface area (Å²) in [5.74, 6) is 0. The molecule has 0 saturated heterocycles. The Morgan fingerprint density at radius 3 is 2.45 bits per heavy atom. The van der Waals surface area contributed by atoms with E-state index >= 15 is 0 Å². The second kappa shape index (κ2) is 5.02. The fourth-order valence-corrected chi connectivity index (χ4v) is 4.20. The Balaban J connectivity index is 2.60. The molecule has 0 fully saturated rings. The van der Waals surface area contributed by atoms with E-state index in [4.69, 9.17) is 0 Å². The zero-order valence-corrected chi connectivity index (χ0v) is 12.9. The Morgan fingerprint density at radius 2 is 1.75 bits per heavy atom. The van der Waals surface area contributed by atoms with Gasteiger partial charge in [-0.15, -0.1) is 11.3 Å². The third kappa shape index (κ3) is 1.87. The minimum atomic E-state index is 0.192. The molecule has 0 aliphatic carbocycles. The van der Waals surface area contributed by atoms with Gasteiger partial charge < -0.3 is 0 Å². The quantitative estimate of drug-likeness (QED) is 0.614. The van der Waals surface area contributed by atoms with Crippen LogP contribution in [0.3, 0.4) is 0 Å². The van der Waals surface area contributed by atoms with E-state index < -0.39 is 0 Å². The van der Waals surface area contributed by atoms with Gasteiger partial charge in [0.1, 0.15) is 0 Å². The van der Waals surface area contributed by atoms with Crippen LogP contribution in [-0.2, 0) is 12.8 Å². The molecule has 1 nitrogen and oxygen atoms in total. The molecule has 0 saturated carbocycles. The molecule has 2 aromatic carbocycles. The van der Waals surface area contributed by atoms with Gasteiger partial charge in [-0.05, 0) is 48.6 Å². The summed E-state index contributed by atoms with van der Waals surface area (Å²) in [6.45, 7) is 6.40. The molecule has 0 aliphatic heterocycles. The highest BCUT2D eigenvalue weighted by Gasteiger charge is 2.13. The largest absolute Gasteiger partial charge is 0.288 e. The van der Waals surface area contributed by atoms with E-state index in [0.717, 1.165) is 33.9 Å². The lowest BCUT2D eigenvalue weighted by molar-refractivity contribution is 1.09. The summed E-state index contributed by atoms with van der Waals surface area (Å²) in [4.78, 5) is 12.9. The summed E-state index contributed by atoms with van der Waals surface area (Å²) in [5.41, 5.74) is 3.95. The van der Waals surface area contributed by atoms with E-state index in [1.165, 1.54) is 15.8 Å². The van der Waals surface area contributed by atoms with E-state index in [0.29, 0.717) is 0 Å². The normalized spacial score (nSPS) is 11.3. The molecule has 3 rings (SSSR count). The minimum Gasteiger partial charge on any atom is -0.288 e. The van der Waals surface area contributed by atoms with Crippen molar-refractivity contribution in [2.24, 2.45) is 0 Å². The van der Waals surface area contributed by atoms with E-state index in [2.05, 4.69) is 26.8 Å². The zero-order valence-electron chi connectivity index (χ0n) is 12.1. The molecule has 20 heavy (non-hydrogen) atoms. The first-order chi connectivity index (χ1) is 9.67. The lowest BCUT2D eigenvalue weighted by Crippen LogP contribution is -2.06. The van der Waals surface area contributed by atoms with Crippen LogP contribution in [0.15, 0.2) is 35.1 Å². The molecule has 0 aliphatic rings. The molecule has 0 bridgehead atoms. The standard InChI is InChI=1S/C18H18OS/c1-4-12-10-13(5-2)18-16(11(12)3)17(19)14-8-6-7-9-15(14)20-18/h6-10H,4-5H2,1-3H3. The van der Waals surface area contributed by atoms with Crippen molar-refractivity contribution in [3.8, 4) is 0 Å². The van der Waals surface area contributed by atoms with Gasteiger partial charge in [0.2, 0.25) is 0 Å². The second-order valence-corrected chi connectivity index (χ2v) is 6.21. The van der Waals surface area contributed by atoms with Crippen LogP contribution in [0.4, 0.5) is 0 Å². The molecule has 2 heteroatoms. The highest BCUT2D eigenvalue weighted by Crippen LogP contribution is 2.31. The maximum atomic E-state index is 12.9. The van der Waals surface area contributed by atoms with Crippen molar-refractivity contribution in [1.82, 2.24) is 0 Å². The maximum Gasteiger partial charge on any atom is 0.196 e. The summed E-state index contributed by atoms with van der Waals surface area (Å²) in [6, 6.07) is 10.2. The van der Waals surface area contributed by atoms with Crippen LogP contribution in [0.1, 0.15) is 30.5 Å². The highest BCUT2D eigenvalue weighted by atomic mass is 32.1. The fourth-order valence-electron chi connectivity index (χ4n) is 2.88. The van der Waals surface area contributed by atoms with Gasteiger partial charge in [0, 0.05) is 20.2 Å². The Labute approximate surface area is 122 Å². The summed E-state index contributed by atoms with van der Waals surface area (Å²) in [7, 11) is 0. The Hall–Kier alpha value is -1.67. The molecule has 0 atom stereocenters. The first kappa shape index (κ1) is 13.3. The zero-order chi connectivity index (χ0) is 14.3. The van der Waals surface area contributed by atoms with Gasteiger partial charge in [0.15, 0.2) is 5.43 Å². The number of aryl methyl sites for hydroxylation is 3. The Bertz CT molecular complexity index is 859. The highest BCUT2D eigenvalue weighted by molar-refractivity contribution is 7.24. The second-order valence-electron chi connectivity index (χ2n) is 5.16. The maximum absolute atomic E-state index is 12.9. The van der Waals surface area contributed by atoms with Gasteiger partial charge in [0.05, 0.1) is 0 Å². The lowest BCUT2D eigenvalue weighted by Gasteiger charge is -2.12. The predicted molar refractivity (Wildman–Crippen MR) is 89.1 cm³/mol. The first-order valence-electron chi connectivity index (χ1n) is 7.14. The van der Waals surface area contributed by atoms with Gasteiger partial charge in [-0.1, -0.05) is 32.0 Å². The molecule has 0 spiro atoms. The van der Waals surface area contributed by atoms with Crippen LogP contribution in [0, 0.1) is 6.92 Å². The first-order valence-corrected chi connectivity index (χ1v) is 7.95. The average Bonchev–Trinajstić information content (AvgIpc) is 2.48. The SMILES string of the molecule is CCc1cc(CC)c2sc3ccccc3c(=O)c2c1C. The fraction of sp³-hybridized carbons (Fsp3) is 0.278.